The second-order valence-electron chi connectivity index (χ2n) is 4.09. The van der Waals surface area contributed by atoms with Crippen LogP contribution in [0.3, 0.4) is 0 Å². The van der Waals surface area contributed by atoms with Crippen molar-refractivity contribution < 1.29 is 14.7 Å². The second-order valence-corrected chi connectivity index (χ2v) is 4.09. The van der Waals surface area contributed by atoms with E-state index in [1.165, 1.54) is 7.05 Å². The highest BCUT2D eigenvalue weighted by Crippen LogP contribution is 2.23. The van der Waals surface area contributed by atoms with Crippen LogP contribution >= 0.6 is 0 Å². The molecule has 0 aliphatic heterocycles. The first kappa shape index (κ1) is 12.3. The van der Waals surface area contributed by atoms with Gasteiger partial charge in [0.1, 0.15) is 0 Å². The lowest BCUT2D eigenvalue weighted by Crippen LogP contribution is -2.41. The molecule has 0 saturated heterocycles. The summed E-state index contributed by atoms with van der Waals surface area (Å²) in [5.41, 5.74) is 1.95. The van der Waals surface area contributed by atoms with E-state index in [0.29, 0.717) is 11.3 Å². The molecule has 0 aliphatic rings. The molecule has 5 nitrogen and oxygen atoms in total. The molecule has 1 heterocycles. The van der Waals surface area contributed by atoms with Crippen LogP contribution in [0.2, 0.25) is 0 Å². The first-order valence-electron chi connectivity index (χ1n) is 5.58. The summed E-state index contributed by atoms with van der Waals surface area (Å²) in [5.74, 6) is -1.60. The van der Waals surface area contributed by atoms with Gasteiger partial charge in [-0.15, -0.1) is 0 Å². The van der Waals surface area contributed by atoms with Gasteiger partial charge in [0.2, 0.25) is 0 Å². The molecule has 94 valence electrons. The van der Waals surface area contributed by atoms with Gasteiger partial charge in [0.25, 0.3) is 0 Å². The Morgan fingerprint density at radius 2 is 2.00 bits per heavy atom. The van der Waals surface area contributed by atoms with Crippen LogP contribution in [-0.2, 0) is 4.79 Å². The molecule has 0 spiro atoms. The topological polar surface area (TPSA) is 82.2 Å². The Labute approximate surface area is 104 Å². The number of para-hydroxylation sites is 1. The third kappa shape index (κ3) is 1.89. The summed E-state index contributed by atoms with van der Waals surface area (Å²) < 4.78 is 0. The first-order valence-corrected chi connectivity index (χ1v) is 5.58. The van der Waals surface area contributed by atoms with E-state index in [1.807, 2.05) is 18.2 Å². The lowest BCUT2D eigenvalue weighted by molar-refractivity contribution is -0.137. The summed E-state index contributed by atoms with van der Waals surface area (Å²) in [6.07, 6.45) is 0. The summed E-state index contributed by atoms with van der Waals surface area (Å²) in [6.45, 7) is 1.77. The number of Topliss-reactive ketones (excluding diaryl/α,β-unsaturated/α-hetero) is 1. The molecule has 1 atom stereocenters. The van der Waals surface area contributed by atoms with E-state index in [2.05, 4.69) is 10.3 Å². The normalized spacial score (nSPS) is 12.6. The van der Waals surface area contributed by atoms with Crippen LogP contribution in [0.5, 0.6) is 0 Å². The number of hydrogen-bond donors (Lipinski definition) is 3. The molecule has 0 fully saturated rings. The largest absolute Gasteiger partial charge is 0.480 e. The lowest BCUT2D eigenvalue weighted by Gasteiger charge is -2.09. The number of likely N-dealkylation sites (N-methyl/N-ethyl adjacent to an activating group) is 1. The van der Waals surface area contributed by atoms with Gasteiger partial charge in [0.15, 0.2) is 11.8 Å². The van der Waals surface area contributed by atoms with Crippen LogP contribution in [0, 0.1) is 6.92 Å². The third-order valence-corrected chi connectivity index (χ3v) is 2.94. The number of aryl methyl sites for hydroxylation is 1. The Bertz CT molecular complexity index is 616. The van der Waals surface area contributed by atoms with E-state index in [9.17, 15) is 9.59 Å². The van der Waals surface area contributed by atoms with Crippen molar-refractivity contribution in [2.24, 2.45) is 0 Å². The Balaban J connectivity index is 2.57. The Morgan fingerprint density at radius 3 is 2.61 bits per heavy atom. The second kappa shape index (κ2) is 4.62. The quantitative estimate of drug-likeness (QED) is 0.561. The van der Waals surface area contributed by atoms with Gasteiger partial charge in [0, 0.05) is 22.2 Å². The maximum absolute atomic E-state index is 12.2. The van der Waals surface area contributed by atoms with E-state index in [4.69, 9.17) is 5.11 Å². The van der Waals surface area contributed by atoms with Crippen molar-refractivity contribution in [3.8, 4) is 0 Å². The molecule has 0 aliphatic carbocycles. The van der Waals surface area contributed by atoms with Gasteiger partial charge in [-0.1, -0.05) is 18.2 Å². The molecule has 5 heteroatoms. The van der Waals surface area contributed by atoms with Gasteiger partial charge >= 0.3 is 5.97 Å². The molecule has 1 aromatic heterocycles. The number of carbonyl (C=O) groups excluding carboxylic acids is 1. The average Bonchev–Trinajstić information content (AvgIpc) is 2.64. The first-order chi connectivity index (χ1) is 8.56. The fourth-order valence-corrected chi connectivity index (χ4v) is 2.11. The van der Waals surface area contributed by atoms with Gasteiger partial charge in [0.05, 0.1) is 0 Å². The van der Waals surface area contributed by atoms with Gasteiger partial charge in [-0.3, -0.25) is 9.59 Å². The summed E-state index contributed by atoms with van der Waals surface area (Å²) in [5, 5.41) is 12.3. The third-order valence-electron chi connectivity index (χ3n) is 2.94. The lowest BCUT2D eigenvalue weighted by atomic mass is 10.0. The van der Waals surface area contributed by atoms with E-state index in [0.717, 1.165) is 10.9 Å². The number of aliphatic carboxylic acids is 1. The van der Waals surface area contributed by atoms with Crippen molar-refractivity contribution in [3.63, 3.8) is 0 Å². The summed E-state index contributed by atoms with van der Waals surface area (Å²) >= 11 is 0. The molecule has 2 aromatic rings. The van der Waals surface area contributed by atoms with Crippen LogP contribution in [0.1, 0.15) is 16.1 Å². The number of aromatic nitrogens is 1. The summed E-state index contributed by atoms with van der Waals surface area (Å²) in [6, 6.07) is 6.12. The van der Waals surface area contributed by atoms with Crippen molar-refractivity contribution in [1.29, 1.82) is 0 Å². The number of carboxylic acid groups (broad SMARTS) is 1. The monoisotopic (exact) mass is 246 g/mol. The molecule has 0 saturated carbocycles. The van der Waals surface area contributed by atoms with Crippen molar-refractivity contribution >= 4 is 22.7 Å². The zero-order chi connectivity index (χ0) is 13.3. The van der Waals surface area contributed by atoms with Crippen molar-refractivity contribution in [2.75, 3.05) is 7.05 Å². The molecular formula is C13H14N2O3. The van der Waals surface area contributed by atoms with Gasteiger partial charge < -0.3 is 15.4 Å². The molecule has 2 rings (SSSR count). The van der Waals surface area contributed by atoms with Crippen LogP contribution in [-0.4, -0.2) is 34.9 Å². The number of hydrogen-bond acceptors (Lipinski definition) is 3. The number of rotatable bonds is 4. The minimum atomic E-state index is -1.22. The molecule has 0 radical (unpaired) electrons. The fourth-order valence-electron chi connectivity index (χ4n) is 2.11. The molecular weight excluding hydrogens is 232 g/mol. The zero-order valence-corrected chi connectivity index (χ0v) is 10.2. The number of carbonyl (C=O) groups is 2. The molecule has 0 amide bonds. The van der Waals surface area contributed by atoms with Crippen LogP contribution in [0.15, 0.2) is 24.3 Å². The van der Waals surface area contributed by atoms with Crippen molar-refractivity contribution in [3.05, 3.63) is 35.5 Å². The Morgan fingerprint density at radius 1 is 1.33 bits per heavy atom. The number of aromatic amines is 1. The van der Waals surface area contributed by atoms with Gasteiger partial charge in [-0.2, -0.15) is 0 Å². The molecule has 1 aromatic carbocycles. The predicted molar refractivity (Wildman–Crippen MR) is 67.8 cm³/mol. The smallest absolute Gasteiger partial charge is 0.328 e. The average molecular weight is 246 g/mol. The number of carboxylic acids is 1. The fraction of sp³-hybridized carbons (Fsp3) is 0.231. The predicted octanol–water partition coefficient (Wildman–Crippen LogP) is 1.33. The standard InChI is InChI=1S/C13H14N2O3/c1-7-10(12(16)11(14-2)13(17)18)8-5-3-4-6-9(8)15-7/h3-6,11,14-15H,1-2H3,(H,17,18). The molecule has 0 bridgehead atoms. The molecule has 3 N–H and O–H groups in total. The number of H-pyrrole nitrogens is 1. The summed E-state index contributed by atoms with van der Waals surface area (Å²) in [4.78, 5) is 26.4. The van der Waals surface area contributed by atoms with E-state index >= 15 is 0 Å². The van der Waals surface area contributed by atoms with Crippen LogP contribution in [0.4, 0.5) is 0 Å². The molecule has 18 heavy (non-hydrogen) atoms. The van der Waals surface area contributed by atoms with Gasteiger partial charge in [-0.05, 0) is 20.0 Å². The zero-order valence-electron chi connectivity index (χ0n) is 10.2. The maximum atomic E-state index is 12.2. The molecule has 1 unspecified atom stereocenters. The van der Waals surface area contributed by atoms with Crippen LogP contribution in [0.25, 0.3) is 10.9 Å². The van der Waals surface area contributed by atoms with Crippen molar-refractivity contribution in [2.45, 2.75) is 13.0 Å². The maximum Gasteiger partial charge on any atom is 0.328 e. The number of fused-ring (bicyclic) bond motifs is 1. The van der Waals surface area contributed by atoms with Crippen molar-refractivity contribution in [1.82, 2.24) is 10.3 Å². The Hall–Kier alpha value is -2.14. The highest BCUT2D eigenvalue weighted by Gasteiger charge is 2.28. The highest BCUT2D eigenvalue weighted by molar-refractivity contribution is 6.18. The number of ketones is 1. The van der Waals surface area contributed by atoms with Crippen LogP contribution < -0.4 is 5.32 Å². The van der Waals surface area contributed by atoms with E-state index < -0.39 is 17.8 Å². The van der Waals surface area contributed by atoms with E-state index in [-0.39, 0.29) is 0 Å². The minimum absolute atomic E-state index is 0.431. The number of benzene rings is 1. The van der Waals surface area contributed by atoms with E-state index in [1.54, 1.807) is 13.0 Å². The summed E-state index contributed by atoms with van der Waals surface area (Å²) in [7, 11) is 1.46. The number of nitrogens with one attached hydrogen (secondary N) is 2. The van der Waals surface area contributed by atoms with Gasteiger partial charge in [-0.25, -0.2) is 0 Å². The minimum Gasteiger partial charge on any atom is -0.480 e. The Kier molecular flexibility index (Phi) is 3.16. The SMILES string of the molecule is CNC(C(=O)O)C(=O)c1c(C)[nH]c2ccccc12. The highest BCUT2D eigenvalue weighted by atomic mass is 16.4.